The summed E-state index contributed by atoms with van der Waals surface area (Å²) in [5.74, 6) is 2.58. The van der Waals surface area contributed by atoms with Crippen LogP contribution in [0.3, 0.4) is 0 Å². The van der Waals surface area contributed by atoms with Crippen LogP contribution in [-0.2, 0) is 14.3 Å². The average Bonchev–Trinajstić information content (AvgIpc) is 2.64. The van der Waals surface area contributed by atoms with E-state index in [1.807, 2.05) is 0 Å². The van der Waals surface area contributed by atoms with Crippen molar-refractivity contribution in [1.82, 2.24) is 0 Å². The number of hydrogen-bond acceptors (Lipinski definition) is 3. The van der Waals surface area contributed by atoms with Crippen LogP contribution in [-0.4, -0.2) is 25.3 Å². The van der Waals surface area contributed by atoms with Crippen LogP contribution < -0.4 is 0 Å². The van der Waals surface area contributed by atoms with E-state index in [-0.39, 0.29) is 18.3 Å². The summed E-state index contributed by atoms with van der Waals surface area (Å²) in [4.78, 5) is 12.2. The molecular weight excluding hydrogens is 216 g/mol. The molecule has 0 aromatic carbocycles. The number of ether oxygens (including phenoxy) is 2. The monoisotopic (exact) mass is 238 g/mol. The normalized spacial score (nSPS) is 53.6. The summed E-state index contributed by atoms with van der Waals surface area (Å²) in [6, 6.07) is 0. The molecule has 0 radical (unpaired) electrons. The molecule has 96 valence electrons. The van der Waals surface area contributed by atoms with Crippen molar-refractivity contribution >= 4 is 5.78 Å². The van der Waals surface area contributed by atoms with Gasteiger partial charge >= 0.3 is 0 Å². The fourth-order valence-corrected chi connectivity index (χ4v) is 4.42. The molecule has 3 fully saturated rings. The Morgan fingerprint density at radius 3 is 2.71 bits per heavy atom. The molecule has 2 aliphatic carbocycles. The number of carbonyl (C=O) groups excluding carboxylic acids is 1. The van der Waals surface area contributed by atoms with Crippen molar-refractivity contribution in [2.24, 2.45) is 29.6 Å². The van der Waals surface area contributed by atoms with Crippen molar-refractivity contribution in [2.45, 2.75) is 45.5 Å². The lowest BCUT2D eigenvalue weighted by molar-refractivity contribution is -0.141. The third kappa shape index (κ3) is 1.66. The van der Waals surface area contributed by atoms with Crippen LogP contribution in [0.5, 0.6) is 0 Å². The quantitative estimate of drug-likeness (QED) is 0.703. The number of methoxy groups -OCH3 is 1. The maximum Gasteiger partial charge on any atom is 0.161 e. The van der Waals surface area contributed by atoms with Gasteiger partial charge < -0.3 is 9.47 Å². The summed E-state index contributed by atoms with van der Waals surface area (Å²) in [5, 5.41) is 0. The first kappa shape index (κ1) is 11.7. The summed E-state index contributed by atoms with van der Waals surface area (Å²) in [7, 11) is 1.73. The minimum absolute atomic E-state index is 0.0825. The van der Waals surface area contributed by atoms with Gasteiger partial charge in [0, 0.05) is 31.3 Å². The zero-order valence-electron chi connectivity index (χ0n) is 10.9. The Bertz CT molecular complexity index is 327. The molecule has 0 bridgehead atoms. The Hall–Kier alpha value is -0.410. The maximum absolute atomic E-state index is 12.2. The average molecular weight is 238 g/mol. The lowest BCUT2D eigenvalue weighted by atomic mass is 9.60. The summed E-state index contributed by atoms with van der Waals surface area (Å²) < 4.78 is 11.5. The lowest BCUT2D eigenvalue weighted by Crippen LogP contribution is -2.46. The highest BCUT2D eigenvalue weighted by molar-refractivity contribution is 5.82. The fraction of sp³-hybridized carbons (Fsp3) is 0.929. The summed E-state index contributed by atoms with van der Waals surface area (Å²) in [6.45, 7) is 4.41. The first-order chi connectivity index (χ1) is 8.11. The maximum atomic E-state index is 12.2. The second kappa shape index (κ2) is 4.06. The van der Waals surface area contributed by atoms with Crippen molar-refractivity contribution in [3.05, 3.63) is 0 Å². The summed E-state index contributed by atoms with van der Waals surface area (Å²) in [5.41, 5.74) is 0. The molecule has 1 heterocycles. The zero-order valence-corrected chi connectivity index (χ0v) is 10.9. The van der Waals surface area contributed by atoms with Gasteiger partial charge in [0.2, 0.25) is 0 Å². The van der Waals surface area contributed by atoms with E-state index in [0.29, 0.717) is 35.9 Å². The van der Waals surface area contributed by atoms with Gasteiger partial charge in [-0.25, -0.2) is 0 Å². The number of ketones is 1. The summed E-state index contributed by atoms with van der Waals surface area (Å²) in [6.07, 6.45) is 3.04. The Morgan fingerprint density at radius 1 is 1.24 bits per heavy atom. The molecule has 0 aromatic rings. The molecule has 0 spiro atoms. The van der Waals surface area contributed by atoms with E-state index >= 15 is 0 Å². The molecule has 2 saturated carbocycles. The van der Waals surface area contributed by atoms with Crippen LogP contribution in [0.1, 0.15) is 33.1 Å². The Balaban J connectivity index is 1.93. The van der Waals surface area contributed by atoms with E-state index in [1.165, 1.54) is 0 Å². The molecule has 3 rings (SSSR count). The summed E-state index contributed by atoms with van der Waals surface area (Å²) >= 11 is 0. The van der Waals surface area contributed by atoms with Gasteiger partial charge in [-0.2, -0.15) is 0 Å². The molecule has 1 aliphatic heterocycles. The molecule has 0 amide bonds. The highest BCUT2D eigenvalue weighted by Crippen LogP contribution is 2.53. The van der Waals surface area contributed by atoms with Gasteiger partial charge in [-0.1, -0.05) is 13.8 Å². The number of carbonyl (C=O) groups is 1. The molecule has 3 aliphatic rings. The lowest BCUT2D eigenvalue weighted by Gasteiger charge is -2.43. The minimum Gasteiger partial charge on any atom is -0.356 e. The predicted molar refractivity (Wildman–Crippen MR) is 63.3 cm³/mol. The molecule has 1 unspecified atom stereocenters. The fourth-order valence-electron chi connectivity index (χ4n) is 4.42. The molecule has 0 aromatic heterocycles. The SMILES string of the molecule is COC1O[C@H]2C[C@@H](C)C[C@H]3C(=O)C[C@H](C)[C@@H]1[C@@H]23. The van der Waals surface area contributed by atoms with Crippen LogP contribution in [0.25, 0.3) is 0 Å². The third-order valence-corrected chi connectivity index (χ3v) is 5.08. The Labute approximate surface area is 103 Å². The first-order valence-electron chi connectivity index (χ1n) is 6.82. The van der Waals surface area contributed by atoms with Gasteiger partial charge in [0.05, 0.1) is 6.10 Å². The van der Waals surface area contributed by atoms with Crippen molar-refractivity contribution in [2.75, 3.05) is 7.11 Å². The van der Waals surface area contributed by atoms with Gasteiger partial charge in [-0.3, -0.25) is 4.79 Å². The smallest absolute Gasteiger partial charge is 0.161 e. The number of Topliss-reactive ketones (excluding diaryl/α,β-unsaturated/α-hetero) is 1. The van der Waals surface area contributed by atoms with Gasteiger partial charge in [0.15, 0.2) is 6.29 Å². The Kier molecular flexibility index (Phi) is 2.79. The molecule has 7 atom stereocenters. The van der Waals surface area contributed by atoms with Crippen molar-refractivity contribution in [1.29, 1.82) is 0 Å². The highest BCUT2D eigenvalue weighted by Gasteiger charge is 2.57. The second-order valence-electron chi connectivity index (χ2n) is 6.26. The van der Waals surface area contributed by atoms with E-state index < -0.39 is 0 Å². The van der Waals surface area contributed by atoms with Gasteiger partial charge in [0.25, 0.3) is 0 Å². The molecule has 3 nitrogen and oxygen atoms in total. The molecular formula is C14H22O3. The van der Waals surface area contributed by atoms with Crippen LogP contribution >= 0.6 is 0 Å². The highest BCUT2D eigenvalue weighted by atomic mass is 16.7. The largest absolute Gasteiger partial charge is 0.356 e. The van der Waals surface area contributed by atoms with E-state index in [2.05, 4.69) is 13.8 Å². The van der Waals surface area contributed by atoms with Crippen LogP contribution in [0, 0.1) is 29.6 Å². The van der Waals surface area contributed by atoms with Gasteiger partial charge in [-0.05, 0) is 24.7 Å². The van der Waals surface area contributed by atoms with Crippen LogP contribution in [0.4, 0.5) is 0 Å². The first-order valence-corrected chi connectivity index (χ1v) is 6.82. The van der Waals surface area contributed by atoms with E-state index in [1.54, 1.807) is 7.11 Å². The Morgan fingerprint density at radius 2 is 2.00 bits per heavy atom. The van der Waals surface area contributed by atoms with E-state index in [0.717, 1.165) is 12.8 Å². The molecule has 1 saturated heterocycles. The number of rotatable bonds is 1. The van der Waals surface area contributed by atoms with E-state index in [4.69, 9.17) is 9.47 Å². The molecule has 17 heavy (non-hydrogen) atoms. The molecule has 3 heteroatoms. The zero-order chi connectivity index (χ0) is 12.2. The third-order valence-electron chi connectivity index (χ3n) is 5.08. The van der Waals surface area contributed by atoms with Crippen molar-refractivity contribution in [3.8, 4) is 0 Å². The van der Waals surface area contributed by atoms with Crippen molar-refractivity contribution < 1.29 is 14.3 Å². The van der Waals surface area contributed by atoms with Gasteiger partial charge in [0.1, 0.15) is 5.78 Å². The van der Waals surface area contributed by atoms with E-state index in [9.17, 15) is 4.79 Å². The topological polar surface area (TPSA) is 35.5 Å². The second-order valence-corrected chi connectivity index (χ2v) is 6.26. The van der Waals surface area contributed by atoms with Crippen LogP contribution in [0.15, 0.2) is 0 Å². The minimum atomic E-state index is -0.0825. The number of hydrogen-bond donors (Lipinski definition) is 0. The predicted octanol–water partition coefficient (Wildman–Crippen LogP) is 2.25. The van der Waals surface area contributed by atoms with Crippen molar-refractivity contribution in [3.63, 3.8) is 0 Å². The van der Waals surface area contributed by atoms with Crippen LogP contribution in [0.2, 0.25) is 0 Å². The standard InChI is InChI=1S/C14H22O3/c1-7-4-9-10(15)6-8(2)12-13(9)11(5-7)17-14(12)16-3/h7-9,11-14H,4-6H2,1-3H3/t7-,8-,9-,11-,12+,13+,14?/m0/s1. The molecule has 0 N–H and O–H groups in total. The van der Waals surface area contributed by atoms with Gasteiger partial charge in [-0.15, -0.1) is 0 Å².